The van der Waals surface area contributed by atoms with Crippen molar-refractivity contribution in [2.75, 3.05) is 0 Å². The summed E-state index contributed by atoms with van der Waals surface area (Å²) in [4.78, 5) is 7.86. The maximum Gasteiger partial charge on any atom is 0.216 e. The minimum atomic E-state index is -0.403. The molecule has 1 aliphatic rings. The Morgan fingerprint density at radius 1 is 1.45 bits per heavy atom. The van der Waals surface area contributed by atoms with Gasteiger partial charge in [-0.25, -0.2) is 9.97 Å². The number of aromatic nitrogens is 2. The van der Waals surface area contributed by atoms with Gasteiger partial charge in [-0.15, -0.1) is 0 Å². The molecular formula is C8H9FN2. The van der Waals surface area contributed by atoms with E-state index in [9.17, 15) is 4.39 Å². The largest absolute Gasteiger partial charge is 0.238 e. The number of hydrogen-bond donors (Lipinski definition) is 0. The van der Waals surface area contributed by atoms with E-state index in [2.05, 4.69) is 9.97 Å². The van der Waals surface area contributed by atoms with Crippen molar-refractivity contribution in [1.29, 1.82) is 0 Å². The molecule has 11 heavy (non-hydrogen) atoms. The highest BCUT2D eigenvalue weighted by Crippen LogP contribution is 2.37. The molecule has 1 aromatic rings. The molecule has 0 N–H and O–H groups in total. The fraction of sp³-hybridized carbons (Fsp3) is 0.500. The Kier molecular flexibility index (Phi) is 1.37. The van der Waals surface area contributed by atoms with E-state index in [-0.39, 0.29) is 0 Å². The lowest BCUT2D eigenvalue weighted by molar-refractivity contribution is 0.567. The summed E-state index contributed by atoms with van der Waals surface area (Å²) in [6, 6.07) is 1.35. The van der Waals surface area contributed by atoms with Gasteiger partial charge >= 0.3 is 0 Å². The number of rotatable bonds is 1. The Hall–Kier alpha value is -0.990. The lowest BCUT2D eigenvalue weighted by Crippen LogP contribution is -1.97. The van der Waals surface area contributed by atoms with Crippen molar-refractivity contribution in [3.63, 3.8) is 0 Å². The van der Waals surface area contributed by atoms with Crippen LogP contribution in [0.5, 0.6) is 0 Å². The van der Waals surface area contributed by atoms with Crippen LogP contribution in [-0.4, -0.2) is 9.97 Å². The lowest BCUT2D eigenvalue weighted by Gasteiger charge is -1.97. The summed E-state index contributed by atoms with van der Waals surface area (Å²) < 4.78 is 12.7. The third-order valence-electron chi connectivity index (χ3n) is 1.78. The Morgan fingerprint density at radius 2 is 2.18 bits per heavy atom. The summed E-state index contributed by atoms with van der Waals surface area (Å²) in [6.07, 6.45) is 2.23. The Morgan fingerprint density at radius 3 is 2.73 bits per heavy atom. The molecule has 0 bridgehead atoms. The quantitative estimate of drug-likeness (QED) is 0.573. The first-order valence-electron chi connectivity index (χ1n) is 3.77. The highest BCUT2D eigenvalue weighted by molar-refractivity contribution is 5.09. The molecule has 2 rings (SSSR count). The fourth-order valence-corrected chi connectivity index (χ4v) is 1.08. The molecule has 1 fully saturated rings. The van der Waals surface area contributed by atoms with Crippen LogP contribution in [0.25, 0.3) is 0 Å². The maximum absolute atomic E-state index is 12.7. The number of halogens is 1. The Bertz CT molecular complexity index is 261. The normalized spacial score (nSPS) is 16.9. The molecule has 1 heterocycles. The molecule has 0 radical (unpaired) electrons. The van der Waals surface area contributed by atoms with Gasteiger partial charge in [-0.3, -0.25) is 0 Å². The zero-order valence-corrected chi connectivity index (χ0v) is 6.34. The highest BCUT2D eigenvalue weighted by Gasteiger charge is 2.26. The highest BCUT2D eigenvalue weighted by atomic mass is 19.1. The standard InChI is InChI=1S/C8H9FN2/c1-5-4-7(9)11-8(10-5)6-2-3-6/h4,6H,2-3H2,1H3. The van der Waals surface area contributed by atoms with Crippen molar-refractivity contribution in [3.05, 3.63) is 23.5 Å². The van der Waals surface area contributed by atoms with Gasteiger partial charge < -0.3 is 0 Å². The summed E-state index contributed by atoms with van der Waals surface area (Å²) in [7, 11) is 0. The Balaban J connectivity index is 2.39. The Labute approximate surface area is 64.5 Å². The minimum Gasteiger partial charge on any atom is -0.238 e. The average Bonchev–Trinajstić information content (AvgIpc) is 2.64. The van der Waals surface area contributed by atoms with Crippen molar-refractivity contribution in [1.82, 2.24) is 9.97 Å². The van der Waals surface area contributed by atoms with E-state index in [4.69, 9.17) is 0 Å². The van der Waals surface area contributed by atoms with Gasteiger partial charge in [0, 0.05) is 17.7 Å². The fourth-order valence-electron chi connectivity index (χ4n) is 1.08. The van der Waals surface area contributed by atoms with E-state index in [1.807, 2.05) is 0 Å². The van der Waals surface area contributed by atoms with Crippen molar-refractivity contribution in [3.8, 4) is 0 Å². The molecule has 0 saturated heterocycles. The van der Waals surface area contributed by atoms with Gasteiger partial charge in [0.15, 0.2) is 0 Å². The smallest absolute Gasteiger partial charge is 0.216 e. The van der Waals surface area contributed by atoms with Gasteiger partial charge in [-0.05, 0) is 19.8 Å². The van der Waals surface area contributed by atoms with E-state index in [0.717, 1.165) is 18.5 Å². The number of nitrogens with zero attached hydrogens (tertiary/aromatic N) is 2. The summed E-state index contributed by atoms with van der Waals surface area (Å²) in [6.45, 7) is 1.79. The molecule has 0 atom stereocenters. The first-order valence-corrected chi connectivity index (χ1v) is 3.77. The summed E-state index contributed by atoms with van der Waals surface area (Å²) >= 11 is 0. The van der Waals surface area contributed by atoms with E-state index >= 15 is 0 Å². The predicted molar refractivity (Wildman–Crippen MR) is 38.7 cm³/mol. The molecule has 1 aliphatic carbocycles. The molecule has 3 heteroatoms. The van der Waals surface area contributed by atoms with E-state index < -0.39 is 5.95 Å². The molecule has 0 aliphatic heterocycles. The topological polar surface area (TPSA) is 25.8 Å². The third-order valence-corrected chi connectivity index (χ3v) is 1.78. The second-order valence-corrected chi connectivity index (χ2v) is 2.96. The first kappa shape index (κ1) is 6.70. The van der Waals surface area contributed by atoms with Crippen LogP contribution in [0, 0.1) is 12.9 Å². The summed E-state index contributed by atoms with van der Waals surface area (Å²) in [5, 5.41) is 0. The van der Waals surface area contributed by atoms with Crippen LogP contribution in [0.3, 0.4) is 0 Å². The van der Waals surface area contributed by atoms with Gasteiger partial charge in [0.05, 0.1) is 0 Å². The molecular weight excluding hydrogens is 143 g/mol. The van der Waals surface area contributed by atoms with Crippen molar-refractivity contribution < 1.29 is 4.39 Å². The van der Waals surface area contributed by atoms with E-state index in [1.54, 1.807) is 6.92 Å². The minimum absolute atomic E-state index is 0.403. The van der Waals surface area contributed by atoms with Crippen LogP contribution >= 0.6 is 0 Å². The van der Waals surface area contributed by atoms with Crippen LogP contribution in [0.1, 0.15) is 30.3 Å². The lowest BCUT2D eigenvalue weighted by atomic mass is 10.3. The van der Waals surface area contributed by atoms with Crippen LogP contribution in [0.15, 0.2) is 6.07 Å². The first-order chi connectivity index (χ1) is 5.25. The van der Waals surface area contributed by atoms with Gasteiger partial charge in [0.2, 0.25) is 5.95 Å². The molecule has 0 unspecified atom stereocenters. The second kappa shape index (κ2) is 2.26. The third kappa shape index (κ3) is 1.37. The van der Waals surface area contributed by atoms with Crippen molar-refractivity contribution >= 4 is 0 Å². The molecule has 2 nitrogen and oxygen atoms in total. The maximum atomic E-state index is 12.7. The number of aryl methyl sites for hydroxylation is 1. The van der Waals surface area contributed by atoms with Crippen molar-refractivity contribution in [2.24, 2.45) is 0 Å². The van der Waals surface area contributed by atoms with E-state index in [0.29, 0.717) is 11.7 Å². The molecule has 1 aromatic heterocycles. The molecule has 0 amide bonds. The molecule has 1 saturated carbocycles. The summed E-state index contributed by atoms with van der Waals surface area (Å²) in [5.41, 5.74) is 0.722. The molecule has 58 valence electrons. The van der Waals surface area contributed by atoms with Gasteiger partial charge in [-0.2, -0.15) is 4.39 Å². The van der Waals surface area contributed by atoms with Crippen LogP contribution in [-0.2, 0) is 0 Å². The van der Waals surface area contributed by atoms with Gasteiger partial charge in [-0.1, -0.05) is 0 Å². The monoisotopic (exact) mass is 152 g/mol. The summed E-state index contributed by atoms with van der Waals surface area (Å²) in [5.74, 6) is 0.714. The predicted octanol–water partition coefficient (Wildman–Crippen LogP) is 1.80. The SMILES string of the molecule is Cc1cc(F)nc(C2CC2)n1. The van der Waals surface area contributed by atoms with Gasteiger partial charge in [0.1, 0.15) is 5.82 Å². The molecule has 0 aromatic carbocycles. The van der Waals surface area contributed by atoms with Crippen LogP contribution in [0.4, 0.5) is 4.39 Å². The van der Waals surface area contributed by atoms with E-state index in [1.165, 1.54) is 6.07 Å². The van der Waals surface area contributed by atoms with Crippen LogP contribution in [0.2, 0.25) is 0 Å². The second-order valence-electron chi connectivity index (χ2n) is 2.96. The molecule has 0 spiro atoms. The van der Waals surface area contributed by atoms with Crippen molar-refractivity contribution in [2.45, 2.75) is 25.7 Å². The van der Waals surface area contributed by atoms with Crippen LogP contribution < -0.4 is 0 Å². The average molecular weight is 152 g/mol. The zero-order valence-electron chi connectivity index (χ0n) is 6.34. The zero-order chi connectivity index (χ0) is 7.84. The van der Waals surface area contributed by atoms with Gasteiger partial charge in [0.25, 0.3) is 0 Å². The number of hydrogen-bond acceptors (Lipinski definition) is 2.